The summed E-state index contributed by atoms with van der Waals surface area (Å²) >= 11 is 3.41. The molecule has 0 aliphatic carbocycles. The minimum Gasteiger partial charge on any atom is -0.481 e. The Kier molecular flexibility index (Phi) is 8.82. The molecule has 0 radical (unpaired) electrons. The highest BCUT2D eigenvalue weighted by Crippen LogP contribution is 2.16. The van der Waals surface area contributed by atoms with Gasteiger partial charge in [0.2, 0.25) is 5.91 Å². The molecule has 4 nitrogen and oxygen atoms in total. The molecule has 1 aromatic carbocycles. The van der Waals surface area contributed by atoms with Gasteiger partial charge in [-0.3, -0.25) is 9.59 Å². The predicted octanol–water partition coefficient (Wildman–Crippen LogP) is 3.84. The fraction of sp³-hybridized carbons (Fsp3) is 0.529. The van der Waals surface area contributed by atoms with E-state index in [9.17, 15) is 9.59 Å². The van der Waals surface area contributed by atoms with Gasteiger partial charge in [-0.2, -0.15) is 0 Å². The van der Waals surface area contributed by atoms with E-state index in [0.29, 0.717) is 13.0 Å². The number of aryl methyl sites for hydroxylation is 1. The van der Waals surface area contributed by atoms with Crippen molar-refractivity contribution in [3.05, 3.63) is 33.8 Å². The molecule has 0 fully saturated rings. The van der Waals surface area contributed by atoms with Crippen molar-refractivity contribution >= 4 is 27.8 Å². The third kappa shape index (κ3) is 8.17. The zero-order valence-electron chi connectivity index (χ0n) is 13.0. The van der Waals surface area contributed by atoms with Crippen LogP contribution in [0.3, 0.4) is 0 Å². The lowest BCUT2D eigenvalue weighted by molar-refractivity contribution is -0.137. The summed E-state index contributed by atoms with van der Waals surface area (Å²) in [6, 6.07) is 5.94. The van der Waals surface area contributed by atoms with Gasteiger partial charge in [0.15, 0.2) is 0 Å². The lowest BCUT2D eigenvalue weighted by atomic mass is 10.1. The van der Waals surface area contributed by atoms with Crippen molar-refractivity contribution in [3.63, 3.8) is 0 Å². The van der Waals surface area contributed by atoms with E-state index in [4.69, 9.17) is 5.11 Å². The van der Waals surface area contributed by atoms with Gasteiger partial charge >= 0.3 is 5.97 Å². The molecule has 0 aliphatic rings. The molecule has 1 rings (SSSR count). The second-order valence-electron chi connectivity index (χ2n) is 5.51. The first-order chi connectivity index (χ1) is 10.5. The molecule has 0 saturated carbocycles. The van der Waals surface area contributed by atoms with Gasteiger partial charge in [-0.05, 0) is 43.0 Å². The molecular weight excluding hydrogens is 346 g/mol. The molecule has 5 heteroatoms. The van der Waals surface area contributed by atoms with E-state index in [1.54, 1.807) is 0 Å². The van der Waals surface area contributed by atoms with Crippen molar-refractivity contribution in [2.75, 3.05) is 6.54 Å². The summed E-state index contributed by atoms with van der Waals surface area (Å²) in [7, 11) is 0. The van der Waals surface area contributed by atoms with Crippen molar-refractivity contribution in [2.24, 2.45) is 0 Å². The lowest BCUT2D eigenvalue weighted by Crippen LogP contribution is -2.26. The summed E-state index contributed by atoms with van der Waals surface area (Å²) in [6.45, 7) is 2.69. The molecule has 122 valence electrons. The first-order valence-corrected chi connectivity index (χ1v) is 8.52. The van der Waals surface area contributed by atoms with Crippen molar-refractivity contribution in [1.29, 1.82) is 0 Å². The zero-order chi connectivity index (χ0) is 16.4. The number of unbranched alkanes of at least 4 members (excludes halogenated alkanes) is 4. The van der Waals surface area contributed by atoms with Gasteiger partial charge in [0.1, 0.15) is 0 Å². The van der Waals surface area contributed by atoms with Crippen molar-refractivity contribution < 1.29 is 14.7 Å². The number of benzene rings is 1. The van der Waals surface area contributed by atoms with Crippen LogP contribution >= 0.6 is 15.9 Å². The Morgan fingerprint density at radius 1 is 1.14 bits per heavy atom. The lowest BCUT2D eigenvalue weighted by Gasteiger charge is -2.08. The van der Waals surface area contributed by atoms with E-state index in [1.807, 2.05) is 25.1 Å². The van der Waals surface area contributed by atoms with Crippen LogP contribution in [0.15, 0.2) is 22.7 Å². The Labute approximate surface area is 140 Å². The van der Waals surface area contributed by atoms with Gasteiger partial charge < -0.3 is 10.4 Å². The van der Waals surface area contributed by atoms with Crippen LogP contribution in [0.4, 0.5) is 0 Å². The Hall–Kier alpha value is -1.36. The molecule has 0 unspecified atom stereocenters. The number of carboxylic acid groups (broad SMARTS) is 1. The predicted molar refractivity (Wildman–Crippen MR) is 90.9 cm³/mol. The van der Waals surface area contributed by atoms with Crippen LogP contribution in [-0.2, 0) is 16.0 Å². The largest absolute Gasteiger partial charge is 0.481 e. The minimum atomic E-state index is -0.726. The number of aliphatic carboxylic acids is 1. The third-order valence-electron chi connectivity index (χ3n) is 3.55. The Morgan fingerprint density at radius 3 is 2.50 bits per heavy atom. The highest BCUT2D eigenvalue weighted by atomic mass is 79.9. The van der Waals surface area contributed by atoms with E-state index >= 15 is 0 Å². The number of hydrogen-bond acceptors (Lipinski definition) is 2. The second-order valence-corrected chi connectivity index (χ2v) is 6.42. The summed E-state index contributed by atoms with van der Waals surface area (Å²) in [5.41, 5.74) is 2.16. The fourth-order valence-electron chi connectivity index (χ4n) is 2.25. The van der Waals surface area contributed by atoms with Crippen LogP contribution in [0.1, 0.15) is 49.7 Å². The number of carbonyl (C=O) groups excluding carboxylic acids is 1. The number of carbonyl (C=O) groups is 2. The minimum absolute atomic E-state index is 0.0521. The summed E-state index contributed by atoms with van der Waals surface area (Å²) in [5, 5.41) is 11.5. The average molecular weight is 370 g/mol. The van der Waals surface area contributed by atoms with Crippen molar-refractivity contribution in [2.45, 2.75) is 51.9 Å². The maximum absolute atomic E-state index is 11.9. The fourth-order valence-corrected chi connectivity index (χ4v) is 2.73. The number of halogens is 1. The molecule has 0 spiro atoms. The molecule has 1 amide bonds. The third-order valence-corrected chi connectivity index (χ3v) is 4.04. The number of rotatable bonds is 10. The van der Waals surface area contributed by atoms with Gasteiger partial charge in [-0.1, -0.05) is 41.3 Å². The van der Waals surface area contributed by atoms with E-state index in [-0.39, 0.29) is 12.3 Å². The van der Waals surface area contributed by atoms with Gasteiger partial charge in [0, 0.05) is 17.4 Å². The molecule has 0 saturated heterocycles. The maximum atomic E-state index is 11.9. The van der Waals surface area contributed by atoms with E-state index in [1.165, 1.54) is 0 Å². The Bertz CT molecular complexity index is 503. The SMILES string of the molecule is Cc1cc(Br)ccc1CC(=O)NCCCCCCCC(=O)O. The van der Waals surface area contributed by atoms with Gasteiger partial charge in [0.05, 0.1) is 6.42 Å². The normalized spacial score (nSPS) is 10.5. The van der Waals surface area contributed by atoms with E-state index < -0.39 is 5.97 Å². The summed E-state index contributed by atoms with van der Waals surface area (Å²) in [6.07, 6.45) is 5.34. The molecular formula is C17H24BrNO3. The molecule has 2 N–H and O–H groups in total. The van der Waals surface area contributed by atoms with Gasteiger partial charge in [-0.15, -0.1) is 0 Å². The van der Waals surface area contributed by atoms with E-state index in [0.717, 1.165) is 47.7 Å². The summed E-state index contributed by atoms with van der Waals surface area (Å²) in [4.78, 5) is 22.2. The molecule has 22 heavy (non-hydrogen) atoms. The number of hydrogen-bond donors (Lipinski definition) is 2. The first-order valence-electron chi connectivity index (χ1n) is 7.72. The average Bonchev–Trinajstić information content (AvgIpc) is 2.44. The second kappa shape index (κ2) is 10.4. The smallest absolute Gasteiger partial charge is 0.303 e. The monoisotopic (exact) mass is 369 g/mol. The van der Waals surface area contributed by atoms with Crippen LogP contribution in [0.2, 0.25) is 0 Å². The molecule has 0 aromatic heterocycles. The molecule has 0 aliphatic heterocycles. The highest BCUT2D eigenvalue weighted by molar-refractivity contribution is 9.10. The molecule has 1 aromatic rings. The van der Waals surface area contributed by atoms with Crippen LogP contribution in [-0.4, -0.2) is 23.5 Å². The number of carboxylic acids is 1. The van der Waals surface area contributed by atoms with Crippen molar-refractivity contribution in [1.82, 2.24) is 5.32 Å². The Balaban J connectivity index is 2.10. The van der Waals surface area contributed by atoms with Crippen LogP contribution < -0.4 is 5.32 Å². The van der Waals surface area contributed by atoms with Gasteiger partial charge in [-0.25, -0.2) is 0 Å². The first kappa shape index (κ1) is 18.7. The zero-order valence-corrected chi connectivity index (χ0v) is 14.6. The topological polar surface area (TPSA) is 66.4 Å². The van der Waals surface area contributed by atoms with E-state index in [2.05, 4.69) is 21.2 Å². The number of amides is 1. The van der Waals surface area contributed by atoms with Gasteiger partial charge in [0.25, 0.3) is 0 Å². The highest BCUT2D eigenvalue weighted by Gasteiger charge is 2.05. The van der Waals surface area contributed by atoms with Crippen LogP contribution in [0.25, 0.3) is 0 Å². The van der Waals surface area contributed by atoms with Crippen molar-refractivity contribution in [3.8, 4) is 0 Å². The maximum Gasteiger partial charge on any atom is 0.303 e. The standard InChI is InChI=1S/C17H24BrNO3/c1-13-11-15(18)9-8-14(13)12-16(20)19-10-6-4-2-3-5-7-17(21)22/h8-9,11H,2-7,10,12H2,1H3,(H,19,20)(H,21,22). The molecule has 0 heterocycles. The summed E-state index contributed by atoms with van der Waals surface area (Å²) < 4.78 is 1.03. The molecule has 0 atom stereocenters. The quantitative estimate of drug-likeness (QED) is 0.615. The Morgan fingerprint density at radius 2 is 1.82 bits per heavy atom. The molecule has 0 bridgehead atoms. The summed E-state index contributed by atoms with van der Waals surface area (Å²) in [5.74, 6) is -0.674. The number of nitrogens with one attached hydrogen (secondary N) is 1. The van der Waals surface area contributed by atoms with Crippen LogP contribution in [0, 0.1) is 6.92 Å². The van der Waals surface area contributed by atoms with Crippen LogP contribution in [0.5, 0.6) is 0 Å².